The Hall–Kier alpha value is -1.76. The summed E-state index contributed by atoms with van der Waals surface area (Å²) in [7, 11) is 0. The van der Waals surface area contributed by atoms with Crippen LogP contribution in [0.4, 0.5) is 13.2 Å². The lowest BCUT2D eigenvalue weighted by molar-refractivity contribution is -0.274. The summed E-state index contributed by atoms with van der Waals surface area (Å²) in [4.78, 5) is 12.0. The van der Waals surface area contributed by atoms with Crippen LogP contribution in [0.5, 0.6) is 5.75 Å². The Bertz CT molecular complexity index is 463. The van der Waals surface area contributed by atoms with Crippen LogP contribution < -0.4 is 10.1 Å². The van der Waals surface area contributed by atoms with E-state index in [1.54, 1.807) is 0 Å². The molecule has 2 N–H and O–H groups in total. The number of rotatable bonds is 7. The van der Waals surface area contributed by atoms with Gasteiger partial charge in [-0.2, -0.15) is 0 Å². The highest BCUT2D eigenvalue weighted by Gasteiger charge is 2.32. The lowest BCUT2D eigenvalue weighted by Crippen LogP contribution is -2.30. The van der Waals surface area contributed by atoms with Crippen LogP contribution in [0.2, 0.25) is 0 Å². The lowest BCUT2D eigenvalue weighted by atomic mass is 10.0. The second-order valence-electron chi connectivity index (χ2n) is 4.54. The SMILES string of the molecule is CCC(CCO)CNC(=O)c1ccccc1OC(F)(F)F. The Morgan fingerprint density at radius 3 is 2.62 bits per heavy atom. The van der Waals surface area contributed by atoms with Crippen LogP contribution in [0.1, 0.15) is 30.1 Å². The average Bonchev–Trinajstić information content (AvgIpc) is 2.42. The number of para-hydroxylation sites is 1. The fourth-order valence-corrected chi connectivity index (χ4v) is 1.83. The van der Waals surface area contributed by atoms with Crippen molar-refractivity contribution in [2.45, 2.75) is 26.1 Å². The number of carbonyl (C=O) groups excluding carboxylic acids is 1. The monoisotopic (exact) mass is 305 g/mol. The van der Waals surface area contributed by atoms with Crippen LogP contribution in [0.25, 0.3) is 0 Å². The van der Waals surface area contributed by atoms with Crippen LogP contribution in [-0.2, 0) is 0 Å². The van der Waals surface area contributed by atoms with Gasteiger partial charge in [0.25, 0.3) is 5.91 Å². The largest absolute Gasteiger partial charge is 0.573 e. The molecule has 0 radical (unpaired) electrons. The Labute approximate surface area is 120 Å². The van der Waals surface area contributed by atoms with Crippen molar-refractivity contribution in [2.75, 3.05) is 13.2 Å². The quantitative estimate of drug-likeness (QED) is 0.814. The Kier molecular flexibility index (Phi) is 6.48. The molecule has 1 unspecified atom stereocenters. The van der Waals surface area contributed by atoms with Crippen molar-refractivity contribution in [1.29, 1.82) is 0 Å². The predicted octanol–water partition coefficient (Wildman–Crippen LogP) is 2.72. The number of alkyl halides is 3. The second kappa shape index (κ2) is 7.87. The van der Waals surface area contributed by atoms with Crippen molar-refractivity contribution in [3.8, 4) is 5.75 Å². The maximum Gasteiger partial charge on any atom is 0.573 e. The van der Waals surface area contributed by atoms with E-state index in [1.165, 1.54) is 18.2 Å². The summed E-state index contributed by atoms with van der Waals surface area (Å²) in [5, 5.41) is 11.4. The summed E-state index contributed by atoms with van der Waals surface area (Å²) < 4.78 is 40.7. The summed E-state index contributed by atoms with van der Waals surface area (Å²) in [5.41, 5.74) is -0.173. The van der Waals surface area contributed by atoms with E-state index in [2.05, 4.69) is 10.1 Å². The normalized spacial score (nSPS) is 12.8. The highest BCUT2D eigenvalue weighted by Crippen LogP contribution is 2.26. The molecule has 7 heteroatoms. The molecule has 0 saturated heterocycles. The molecule has 1 atom stereocenters. The number of amides is 1. The molecule has 0 saturated carbocycles. The van der Waals surface area contributed by atoms with Crippen molar-refractivity contribution < 1.29 is 27.8 Å². The second-order valence-corrected chi connectivity index (χ2v) is 4.54. The molecule has 1 aromatic carbocycles. The Balaban J connectivity index is 2.74. The molecule has 118 valence electrons. The van der Waals surface area contributed by atoms with Gasteiger partial charge in [-0.05, 0) is 24.5 Å². The molecule has 0 heterocycles. The van der Waals surface area contributed by atoms with Gasteiger partial charge >= 0.3 is 6.36 Å². The van der Waals surface area contributed by atoms with Gasteiger partial charge in [0, 0.05) is 13.2 Å². The number of halogens is 3. The molecule has 0 aromatic heterocycles. The molecule has 1 amide bonds. The molecule has 1 rings (SSSR count). The third kappa shape index (κ3) is 6.03. The van der Waals surface area contributed by atoms with E-state index >= 15 is 0 Å². The third-order valence-corrected chi connectivity index (χ3v) is 3.02. The van der Waals surface area contributed by atoms with Gasteiger partial charge in [0.15, 0.2) is 0 Å². The van der Waals surface area contributed by atoms with Crippen molar-refractivity contribution in [1.82, 2.24) is 5.32 Å². The first-order valence-electron chi connectivity index (χ1n) is 6.61. The van der Waals surface area contributed by atoms with Gasteiger partial charge < -0.3 is 15.2 Å². The van der Waals surface area contributed by atoms with E-state index in [0.717, 1.165) is 12.5 Å². The zero-order valence-corrected chi connectivity index (χ0v) is 11.6. The first kappa shape index (κ1) is 17.3. The minimum Gasteiger partial charge on any atom is -0.405 e. The van der Waals surface area contributed by atoms with Gasteiger partial charge in [-0.25, -0.2) is 0 Å². The first-order chi connectivity index (χ1) is 9.87. The van der Waals surface area contributed by atoms with E-state index in [-0.39, 0.29) is 24.6 Å². The number of nitrogens with one attached hydrogen (secondary N) is 1. The summed E-state index contributed by atoms with van der Waals surface area (Å²) in [6.45, 7) is 2.20. The van der Waals surface area contributed by atoms with Crippen LogP contribution in [0, 0.1) is 5.92 Å². The molecular weight excluding hydrogens is 287 g/mol. The predicted molar refractivity (Wildman–Crippen MR) is 70.9 cm³/mol. The minimum absolute atomic E-state index is 0.00213. The van der Waals surface area contributed by atoms with E-state index in [0.29, 0.717) is 6.42 Å². The Morgan fingerprint density at radius 1 is 1.38 bits per heavy atom. The van der Waals surface area contributed by atoms with E-state index in [4.69, 9.17) is 5.11 Å². The lowest BCUT2D eigenvalue weighted by Gasteiger charge is -2.16. The van der Waals surface area contributed by atoms with Gasteiger partial charge in [-0.15, -0.1) is 13.2 Å². The summed E-state index contributed by atoms with van der Waals surface area (Å²) in [6.07, 6.45) is -3.57. The topological polar surface area (TPSA) is 58.6 Å². The molecule has 0 spiro atoms. The molecule has 0 aliphatic rings. The zero-order chi connectivity index (χ0) is 15.9. The molecule has 1 aromatic rings. The fraction of sp³-hybridized carbons (Fsp3) is 0.500. The molecule has 0 aliphatic heterocycles. The highest BCUT2D eigenvalue weighted by atomic mass is 19.4. The third-order valence-electron chi connectivity index (χ3n) is 3.02. The summed E-state index contributed by atoms with van der Waals surface area (Å²) >= 11 is 0. The standard InChI is InChI=1S/C14H18F3NO3/c1-2-10(7-8-19)9-18-13(20)11-5-3-4-6-12(11)21-14(15,16)17/h3-6,10,19H,2,7-9H2,1H3,(H,18,20). The molecule has 21 heavy (non-hydrogen) atoms. The minimum atomic E-state index is -4.85. The van der Waals surface area contributed by atoms with E-state index < -0.39 is 18.0 Å². The fourth-order valence-electron chi connectivity index (χ4n) is 1.83. The summed E-state index contributed by atoms with van der Waals surface area (Å²) in [5.74, 6) is -1.08. The van der Waals surface area contributed by atoms with Crippen LogP contribution in [0.3, 0.4) is 0 Å². The number of carbonyl (C=O) groups is 1. The number of aliphatic hydroxyl groups excluding tert-OH is 1. The van der Waals surface area contributed by atoms with Gasteiger partial charge in [0.05, 0.1) is 5.56 Å². The molecule has 0 bridgehead atoms. The van der Waals surface area contributed by atoms with Crippen LogP contribution in [-0.4, -0.2) is 30.5 Å². The van der Waals surface area contributed by atoms with Gasteiger partial charge in [0.2, 0.25) is 0 Å². The van der Waals surface area contributed by atoms with Crippen molar-refractivity contribution in [2.24, 2.45) is 5.92 Å². The van der Waals surface area contributed by atoms with E-state index in [1.807, 2.05) is 6.92 Å². The number of aliphatic hydroxyl groups is 1. The van der Waals surface area contributed by atoms with Gasteiger partial charge in [0.1, 0.15) is 5.75 Å². The molecule has 0 aliphatic carbocycles. The molecular formula is C14H18F3NO3. The number of hydrogen-bond acceptors (Lipinski definition) is 3. The van der Waals surface area contributed by atoms with Crippen molar-refractivity contribution >= 4 is 5.91 Å². The average molecular weight is 305 g/mol. The van der Waals surface area contributed by atoms with Crippen molar-refractivity contribution in [3.05, 3.63) is 29.8 Å². The molecule has 4 nitrogen and oxygen atoms in total. The maximum atomic E-state index is 12.3. The van der Waals surface area contributed by atoms with E-state index in [9.17, 15) is 18.0 Å². The van der Waals surface area contributed by atoms with Crippen molar-refractivity contribution in [3.63, 3.8) is 0 Å². The highest BCUT2D eigenvalue weighted by molar-refractivity contribution is 5.96. The van der Waals surface area contributed by atoms with Gasteiger partial charge in [-0.1, -0.05) is 25.5 Å². The summed E-state index contributed by atoms with van der Waals surface area (Å²) in [6, 6.07) is 5.18. The number of ether oxygens (including phenoxy) is 1. The van der Waals surface area contributed by atoms with Crippen LogP contribution in [0.15, 0.2) is 24.3 Å². The van der Waals surface area contributed by atoms with Crippen LogP contribution >= 0.6 is 0 Å². The Morgan fingerprint density at radius 2 is 2.05 bits per heavy atom. The molecule has 0 fully saturated rings. The number of benzene rings is 1. The maximum absolute atomic E-state index is 12.3. The smallest absolute Gasteiger partial charge is 0.405 e. The zero-order valence-electron chi connectivity index (χ0n) is 11.6. The van der Waals surface area contributed by atoms with Gasteiger partial charge in [-0.3, -0.25) is 4.79 Å². The number of hydrogen-bond donors (Lipinski definition) is 2. The first-order valence-corrected chi connectivity index (χ1v) is 6.61.